The first-order valence-corrected chi connectivity index (χ1v) is 9.97. The Hall–Kier alpha value is -1.96. The molecule has 0 aliphatic heterocycles. The van der Waals surface area contributed by atoms with E-state index in [9.17, 15) is 19.7 Å². The minimum absolute atomic E-state index is 0.0430. The van der Waals surface area contributed by atoms with Crippen LogP contribution in [0.2, 0.25) is 0 Å². The molecule has 1 N–H and O–H groups in total. The van der Waals surface area contributed by atoms with Gasteiger partial charge >= 0.3 is 5.97 Å². The molecule has 0 aromatic heterocycles. The normalized spacial score (nSPS) is 33.5. The summed E-state index contributed by atoms with van der Waals surface area (Å²) >= 11 is 3.86. The second-order valence-electron chi connectivity index (χ2n) is 8.32. The molecule has 5 rings (SSSR count). The zero-order chi connectivity index (χ0) is 19.2. The van der Waals surface area contributed by atoms with Crippen molar-refractivity contribution in [1.82, 2.24) is 0 Å². The van der Waals surface area contributed by atoms with Crippen LogP contribution >= 0.6 is 15.9 Å². The summed E-state index contributed by atoms with van der Waals surface area (Å²) in [6.45, 7) is -0.381. The molecule has 0 heterocycles. The maximum Gasteiger partial charge on any atom is 0.312 e. The lowest BCUT2D eigenvalue weighted by atomic mass is 9.49. The van der Waals surface area contributed by atoms with Gasteiger partial charge in [0.05, 0.1) is 10.3 Å². The third-order valence-electron chi connectivity index (χ3n) is 6.10. The van der Waals surface area contributed by atoms with Crippen molar-refractivity contribution >= 4 is 39.2 Å². The molecule has 0 radical (unpaired) electrons. The van der Waals surface area contributed by atoms with E-state index < -0.39 is 16.2 Å². The van der Waals surface area contributed by atoms with Crippen molar-refractivity contribution in [3.63, 3.8) is 0 Å². The fourth-order valence-electron chi connectivity index (χ4n) is 5.57. The van der Waals surface area contributed by atoms with Crippen LogP contribution < -0.4 is 5.32 Å². The lowest BCUT2D eigenvalue weighted by molar-refractivity contribution is -0.384. The van der Waals surface area contributed by atoms with Crippen LogP contribution in [0.1, 0.15) is 38.5 Å². The summed E-state index contributed by atoms with van der Waals surface area (Å²) < 4.78 is 5.42. The highest BCUT2D eigenvalue weighted by Crippen LogP contribution is 2.64. The number of benzene rings is 1. The molecule has 4 bridgehead atoms. The van der Waals surface area contributed by atoms with Gasteiger partial charge in [0, 0.05) is 22.1 Å². The van der Waals surface area contributed by atoms with E-state index >= 15 is 0 Å². The van der Waals surface area contributed by atoms with Crippen LogP contribution in [-0.4, -0.2) is 27.7 Å². The molecule has 4 fully saturated rings. The van der Waals surface area contributed by atoms with E-state index in [4.69, 9.17) is 4.74 Å². The van der Waals surface area contributed by atoms with E-state index in [-0.39, 0.29) is 22.6 Å². The first kappa shape index (κ1) is 18.4. The Morgan fingerprint density at radius 3 is 2.59 bits per heavy atom. The molecular weight excluding hydrogens is 416 g/mol. The maximum atomic E-state index is 12.8. The molecule has 0 spiro atoms. The van der Waals surface area contributed by atoms with Gasteiger partial charge in [-0.1, -0.05) is 22.0 Å². The molecule has 4 aliphatic carbocycles. The molecule has 1 amide bonds. The Labute approximate surface area is 165 Å². The summed E-state index contributed by atoms with van der Waals surface area (Å²) in [5.74, 6) is 0.325. The monoisotopic (exact) mass is 436 g/mol. The van der Waals surface area contributed by atoms with Gasteiger partial charge in [-0.3, -0.25) is 19.7 Å². The van der Waals surface area contributed by atoms with Gasteiger partial charge in [-0.05, 0) is 56.4 Å². The van der Waals surface area contributed by atoms with Gasteiger partial charge in [-0.2, -0.15) is 0 Å². The van der Waals surface area contributed by atoms with Gasteiger partial charge in [0.2, 0.25) is 0 Å². The Morgan fingerprint density at radius 2 is 1.96 bits per heavy atom. The fourth-order valence-corrected chi connectivity index (χ4v) is 7.02. The lowest BCUT2D eigenvalue weighted by Crippen LogP contribution is -2.56. The number of alkyl halides is 1. The van der Waals surface area contributed by atoms with Gasteiger partial charge in [-0.15, -0.1) is 0 Å². The van der Waals surface area contributed by atoms with Crippen molar-refractivity contribution in [3.05, 3.63) is 34.4 Å². The summed E-state index contributed by atoms with van der Waals surface area (Å²) in [5, 5.41) is 13.3. The lowest BCUT2D eigenvalue weighted by Gasteiger charge is -2.58. The molecule has 0 saturated heterocycles. The van der Waals surface area contributed by atoms with Crippen LogP contribution in [0.3, 0.4) is 0 Å². The second-order valence-corrected chi connectivity index (χ2v) is 10.0. The molecular formula is C19H21BrN2O5. The average Bonchev–Trinajstić information content (AvgIpc) is 2.57. The van der Waals surface area contributed by atoms with Crippen LogP contribution in [0.15, 0.2) is 24.3 Å². The predicted molar refractivity (Wildman–Crippen MR) is 101 cm³/mol. The van der Waals surface area contributed by atoms with Gasteiger partial charge in [0.1, 0.15) is 0 Å². The SMILES string of the molecule is O=C(COC(=O)C12C[C@H]3C[C@@H](CC(Br)(C3)C1)C2)Nc1cccc([N+](=O)[O-])c1. The summed E-state index contributed by atoms with van der Waals surface area (Å²) in [5.41, 5.74) is -0.278. The largest absolute Gasteiger partial charge is 0.455 e. The molecule has 4 aliphatic rings. The van der Waals surface area contributed by atoms with Crippen molar-refractivity contribution in [2.75, 3.05) is 11.9 Å². The number of ether oxygens (including phenoxy) is 1. The maximum absolute atomic E-state index is 12.8. The number of nitrogens with zero attached hydrogens (tertiary/aromatic N) is 1. The van der Waals surface area contributed by atoms with Crippen LogP contribution in [-0.2, 0) is 14.3 Å². The van der Waals surface area contributed by atoms with E-state index in [1.54, 1.807) is 6.07 Å². The van der Waals surface area contributed by atoms with Crippen molar-refractivity contribution in [3.8, 4) is 0 Å². The topological polar surface area (TPSA) is 98.5 Å². The van der Waals surface area contributed by atoms with Crippen LogP contribution in [0.5, 0.6) is 0 Å². The number of hydrogen-bond donors (Lipinski definition) is 1. The number of carbonyl (C=O) groups excluding carboxylic acids is 2. The molecule has 2 atom stereocenters. The Kier molecular flexibility index (Phi) is 4.49. The van der Waals surface area contributed by atoms with Crippen LogP contribution in [0.4, 0.5) is 11.4 Å². The molecule has 1 aromatic rings. The average molecular weight is 437 g/mol. The van der Waals surface area contributed by atoms with Crippen LogP contribution in [0.25, 0.3) is 0 Å². The molecule has 7 nitrogen and oxygen atoms in total. The summed E-state index contributed by atoms with van der Waals surface area (Å²) in [6.07, 6.45) is 5.90. The van der Waals surface area contributed by atoms with Crippen molar-refractivity contribution in [2.24, 2.45) is 17.3 Å². The number of amides is 1. The number of nitro groups is 1. The van der Waals surface area contributed by atoms with Gasteiger partial charge in [0.15, 0.2) is 6.61 Å². The van der Waals surface area contributed by atoms with E-state index in [1.165, 1.54) is 24.6 Å². The zero-order valence-electron chi connectivity index (χ0n) is 14.8. The molecule has 0 unspecified atom stereocenters. The van der Waals surface area contributed by atoms with Gasteiger partial charge in [-0.25, -0.2) is 0 Å². The molecule has 4 saturated carbocycles. The highest BCUT2D eigenvalue weighted by atomic mass is 79.9. The number of carbonyl (C=O) groups is 2. The van der Waals surface area contributed by atoms with E-state index in [0.717, 1.165) is 32.1 Å². The summed E-state index contributed by atoms with van der Waals surface area (Å²) in [4.78, 5) is 35.2. The smallest absolute Gasteiger partial charge is 0.312 e. The van der Waals surface area contributed by atoms with Crippen molar-refractivity contribution < 1.29 is 19.2 Å². The molecule has 1 aromatic carbocycles. The third-order valence-corrected chi connectivity index (χ3v) is 7.03. The number of esters is 1. The number of anilines is 1. The highest BCUT2D eigenvalue weighted by molar-refractivity contribution is 9.10. The first-order valence-electron chi connectivity index (χ1n) is 9.17. The first-order chi connectivity index (χ1) is 12.8. The number of hydrogen-bond acceptors (Lipinski definition) is 5. The third kappa shape index (κ3) is 3.59. The van der Waals surface area contributed by atoms with E-state index in [1.807, 2.05) is 0 Å². The Morgan fingerprint density at radius 1 is 1.26 bits per heavy atom. The van der Waals surface area contributed by atoms with E-state index in [2.05, 4.69) is 21.2 Å². The highest BCUT2D eigenvalue weighted by Gasteiger charge is 2.60. The summed E-state index contributed by atoms with van der Waals surface area (Å²) in [7, 11) is 0. The predicted octanol–water partition coefficient (Wildman–Crippen LogP) is 3.81. The second kappa shape index (κ2) is 6.58. The number of rotatable bonds is 5. The number of non-ortho nitro benzene ring substituents is 1. The molecule has 27 heavy (non-hydrogen) atoms. The fraction of sp³-hybridized carbons (Fsp3) is 0.579. The van der Waals surface area contributed by atoms with Gasteiger partial charge < -0.3 is 10.1 Å². The number of halogens is 1. The molecule has 8 heteroatoms. The van der Waals surface area contributed by atoms with Crippen molar-refractivity contribution in [1.29, 1.82) is 0 Å². The zero-order valence-corrected chi connectivity index (χ0v) is 16.4. The number of nitrogens with one attached hydrogen (secondary N) is 1. The Balaban J connectivity index is 1.36. The van der Waals surface area contributed by atoms with Gasteiger partial charge in [0.25, 0.3) is 11.6 Å². The van der Waals surface area contributed by atoms with E-state index in [0.29, 0.717) is 17.5 Å². The van der Waals surface area contributed by atoms with Crippen molar-refractivity contribution in [2.45, 2.75) is 42.8 Å². The molecule has 144 valence electrons. The summed E-state index contributed by atoms with van der Waals surface area (Å²) in [6, 6.07) is 5.66. The quantitative estimate of drug-likeness (QED) is 0.327. The number of nitro benzene ring substituents is 1. The minimum Gasteiger partial charge on any atom is -0.455 e. The van der Waals surface area contributed by atoms with Crippen LogP contribution in [0, 0.1) is 27.4 Å². The minimum atomic E-state index is -0.529. The Bertz CT molecular complexity index is 797. The standard InChI is InChI=1S/C19H21BrN2O5/c20-19-8-12-4-13(9-19)7-18(6-12,11-19)17(24)27-10-16(23)21-14-2-1-3-15(5-14)22(25)26/h1-3,5,12-13H,4,6-11H2,(H,21,23)/t12-,13-,18?,19?/m1/s1.